The molecular weight excluding hydrogens is 409 g/mol. The second-order valence-electron chi connectivity index (χ2n) is 9.28. The van der Waals surface area contributed by atoms with Crippen molar-refractivity contribution in [1.82, 2.24) is 10.2 Å². The van der Waals surface area contributed by atoms with E-state index in [4.69, 9.17) is 10.5 Å². The molecule has 1 aromatic rings. The number of amides is 1. The Labute approximate surface area is 187 Å². The highest BCUT2D eigenvalue weighted by Gasteiger charge is 2.62. The SMILES string of the molecule is CCOC1CC(N)(C(=O)NCC(C)(C)N2CCc3ccccc3C2)C1(C)C.Cl.Cl. The number of nitrogens with one attached hydrogen (secondary N) is 1. The molecular formula is C22H37Cl2N3O2. The van der Waals surface area contributed by atoms with Gasteiger partial charge in [-0.3, -0.25) is 9.69 Å². The number of nitrogens with two attached hydrogens (primary N) is 1. The van der Waals surface area contributed by atoms with Crippen molar-refractivity contribution in [1.29, 1.82) is 0 Å². The summed E-state index contributed by atoms with van der Waals surface area (Å²) in [5.74, 6) is -0.0612. The van der Waals surface area contributed by atoms with Crippen LogP contribution < -0.4 is 11.1 Å². The second-order valence-corrected chi connectivity index (χ2v) is 9.28. The molecule has 29 heavy (non-hydrogen) atoms. The molecule has 3 N–H and O–H groups in total. The van der Waals surface area contributed by atoms with Crippen molar-refractivity contribution in [2.45, 2.75) is 71.2 Å². The first-order valence-electron chi connectivity index (χ1n) is 10.1. The van der Waals surface area contributed by atoms with Crippen molar-refractivity contribution in [2.75, 3.05) is 19.7 Å². The molecule has 1 aliphatic carbocycles. The molecule has 2 unspecified atom stereocenters. The Kier molecular flexibility index (Phi) is 8.60. The summed E-state index contributed by atoms with van der Waals surface area (Å²) < 4.78 is 5.74. The van der Waals surface area contributed by atoms with Crippen LogP contribution in [0.4, 0.5) is 0 Å². The van der Waals surface area contributed by atoms with Gasteiger partial charge in [0.25, 0.3) is 0 Å². The Hall–Kier alpha value is -0.850. The van der Waals surface area contributed by atoms with Gasteiger partial charge in [-0.15, -0.1) is 24.8 Å². The molecule has 1 fully saturated rings. The molecule has 1 saturated carbocycles. The third kappa shape index (κ3) is 4.75. The highest BCUT2D eigenvalue weighted by Crippen LogP contribution is 2.49. The van der Waals surface area contributed by atoms with Crippen LogP contribution in [0.5, 0.6) is 0 Å². The van der Waals surface area contributed by atoms with Crippen LogP contribution in [0.1, 0.15) is 52.2 Å². The number of halogens is 2. The van der Waals surface area contributed by atoms with Crippen LogP contribution in [0.15, 0.2) is 24.3 Å². The molecule has 0 spiro atoms. The van der Waals surface area contributed by atoms with E-state index in [1.807, 2.05) is 20.8 Å². The van der Waals surface area contributed by atoms with E-state index in [0.717, 1.165) is 19.5 Å². The van der Waals surface area contributed by atoms with Crippen molar-refractivity contribution >= 4 is 30.7 Å². The molecule has 0 saturated heterocycles. The van der Waals surface area contributed by atoms with E-state index in [-0.39, 0.29) is 47.8 Å². The van der Waals surface area contributed by atoms with Crippen LogP contribution in [-0.2, 0) is 22.5 Å². The van der Waals surface area contributed by atoms with Gasteiger partial charge in [0, 0.05) is 43.6 Å². The fourth-order valence-electron chi connectivity index (χ4n) is 4.40. The lowest BCUT2D eigenvalue weighted by atomic mass is 9.54. The van der Waals surface area contributed by atoms with Crippen molar-refractivity contribution in [3.8, 4) is 0 Å². The lowest BCUT2D eigenvalue weighted by Gasteiger charge is -2.57. The molecule has 1 aliphatic heterocycles. The van der Waals surface area contributed by atoms with Gasteiger partial charge in [-0.25, -0.2) is 0 Å². The van der Waals surface area contributed by atoms with E-state index in [2.05, 4.69) is 48.3 Å². The Morgan fingerprint density at radius 3 is 2.48 bits per heavy atom. The predicted octanol–water partition coefficient (Wildman–Crippen LogP) is 3.32. The van der Waals surface area contributed by atoms with Crippen LogP contribution >= 0.6 is 24.8 Å². The summed E-state index contributed by atoms with van der Waals surface area (Å²) in [5.41, 5.74) is 7.98. The fourth-order valence-corrected chi connectivity index (χ4v) is 4.40. The first kappa shape index (κ1) is 26.2. The summed E-state index contributed by atoms with van der Waals surface area (Å²) in [5, 5.41) is 3.14. The quantitative estimate of drug-likeness (QED) is 0.704. The monoisotopic (exact) mass is 445 g/mol. The van der Waals surface area contributed by atoms with E-state index in [1.165, 1.54) is 11.1 Å². The number of benzene rings is 1. The molecule has 0 bridgehead atoms. The first-order valence-corrected chi connectivity index (χ1v) is 10.1. The number of carbonyl (C=O) groups excluding carboxylic acids is 1. The lowest BCUT2D eigenvalue weighted by molar-refractivity contribution is -0.171. The number of carbonyl (C=O) groups is 1. The zero-order valence-corrected chi connectivity index (χ0v) is 19.9. The minimum Gasteiger partial charge on any atom is -0.378 e. The molecule has 7 heteroatoms. The second kappa shape index (κ2) is 9.52. The van der Waals surface area contributed by atoms with E-state index < -0.39 is 5.54 Å². The van der Waals surface area contributed by atoms with Gasteiger partial charge in [-0.1, -0.05) is 38.1 Å². The summed E-state index contributed by atoms with van der Waals surface area (Å²) in [6.45, 7) is 13.6. The van der Waals surface area contributed by atoms with Crippen molar-refractivity contribution in [3.63, 3.8) is 0 Å². The number of rotatable bonds is 6. The standard InChI is InChI=1S/C22H35N3O2.2ClH/c1-6-27-18-13-22(23,21(18,4)5)19(26)24-15-20(2,3)25-12-11-16-9-7-8-10-17(16)14-25;;/h7-10,18H,6,11-15,23H2,1-5H3,(H,24,26);2*1H. The molecule has 2 atom stereocenters. The lowest BCUT2D eigenvalue weighted by Crippen LogP contribution is -2.76. The van der Waals surface area contributed by atoms with Gasteiger partial charge < -0.3 is 15.8 Å². The zero-order chi connectivity index (χ0) is 19.9. The first-order chi connectivity index (χ1) is 12.6. The minimum absolute atomic E-state index is 0. The summed E-state index contributed by atoms with van der Waals surface area (Å²) >= 11 is 0. The molecule has 2 aliphatic rings. The smallest absolute Gasteiger partial charge is 0.240 e. The van der Waals surface area contributed by atoms with Gasteiger partial charge in [-0.2, -0.15) is 0 Å². The number of nitrogens with zero attached hydrogens (tertiary/aromatic N) is 1. The van der Waals surface area contributed by atoms with Gasteiger partial charge in [0.1, 0.15) is 5.54 Å². The van der Waals surface area contributed by atoms with E-state index >= 15 is 0 Å². The van der Waals surface area contributed by atoms with Gasteiger partial charge in [-0.05, 0) is 38.3 Å². The maximum absolute atomic E-state index is 12.9. The maximum Gasteiger partial charge on any atom is 0.240 e. The molecule has 0 radical (unpaired) electrons. The van der Waals surface area contributed by atoms with E-state index in [1.54, 1.807) is 0 Å². The number of hydrogen-bond donors (Lipinski definition) is 2. The van der Waals surface area contributed by atoms with Crippen LogP contribution in [0.2, 0.25) is 0 Å². The summed E-state index contributed by atoms with van der Waals surface area (Å²) in [7, 11) is 0. The third-order valence-corrected chi connectivity index (χ3v) is 6.90. The van der Waals surface area contributed by atoms with Gasteiger partial charge in [0.2, 0.25) is 5.91 Å². The van der Waals surface area contributed by atoms with Gasteiger partial charge in [0.05, 0.1) is 6.10 Å². The summed E-state index contributed by atoms with van der Waals surface area (Å²) in [6, 6.07) is 8.63. The van der Waals surface area contributed by atoms with Gasteiger partial charge in [0.15, 0.2) is 0 Å². The molecule has 1 heterocycles. The van der Waals surface area contributed by atoms with E-state index in [0.29, 0.717) is 19.6 Å². The van der Waals surface area contributed by atoms with Crippen LogP contribution in [0, 0.1) is 5.41 Å². The number of hydrogen-bond acceptors (Lipinski definition) is 4. The van der Waals surface area contributed by atoms with Crippen LogP contribution in [-0.4, -0.2) is 47.7 Å². The Morgan fingerprint density at radius 2 is 1.90 bits per heavy atom. The maximum atomic E-state index is 12.9. The number of ether oxygens (including phenoxy) is 1. The molecule has 166 valence electrons. The molecule has 1 aromatic carbocycles. The highest BCUT2D eigenvalue weighted by atomic mass is 35.5. The Bertz CT molecular complexity index is 711. The Balaban J connectivity index is 0.00000210. The molecule has 0 aromatic heterocycles. The van der Waals surface area contributed by atoms with Gasteiger partial charge >= 0.3 is 0 Å². The van der Waals surface area contributed by atoms with Crippen molar-refractivity contribution in [2.24, 2.45) is 11.1 Å². The highest BCUT2D eigenvalue weighted by molar-refractivity contribution is 5.88. The number of fused-ring (bicyclic) bond motifs is 1. The molecule has 5 nitrogen and oxygen atoms in total. The topological polar surface area (TPSA) is 67.6 Å². The fraction of sp³-hybridized carbons (Fsp3) is 0.682. The van der Waals surface area contributed by atoms with Crippen LogP contribution in [0.25, 0.3) is 0 Å². The summed E-state index contributed by atoms with van der Waals surface area (Å²) in [4.78, 5) is 15.4. The zero-order valence-electron chi connectivity index (χ0n) is 18.3. The Morgan fingerprint density at radius 1 is 1.28 bits per heavy atom. The minimum atomic E-state index is -0.864. The molecule has 3 rings (SSSR count). The van der Waals surface area contributed by atoms with Crippen molar-refractivity contribution < 1.29 is 9.53 Å². The van der Waals surface area contributed by atoms with Crippen LogP contribution in [0.3, 0.4) is 0 Å². The average Bonchev–Trinajstić information content (AvgIpc) is 2.65. The van der Waals surface area contributed by atoms with E-state index in [9.17, 15) is 4.79 Å². The largest absolute Gasteiger partial charge is 0.378 e. The van der Waals surface area contributed by atoms with Crippen molar-refractivity contribution in [3.05, 3.63) is 35.4 Å². The predicted molar refractivity (Wildman–Crippen MR) is 123 cm³/mol. The normalized spacial score (nSPS) is 25.7. The average molecular weight is 446 g/mol. The summed E-state index contributed by atoms with van der Waals surface area (Å²) in [6.07, 6.45) is 1.68. The molecule has 1 amide bonds. The third-order valence-electron chi connectivity index (χ3n) is 6.90.